The van der Waals surface area contributed by atoms with E-state index in [2.05, 4.69) is 210 Å². The van der Waals surface area contributed by atoms with Crippen molar-refractivity contribution in [3.8, 4) is 135 Å². The van der Waals surface area contributed by atoms with Crippen LogP contribution in [0.5, 0.6) is 0 Å². The highest BCUT2D eigenvalue weighted by Crippen LogP contribution is 2.43. The van der Waals surface area contributed by atoms with Gasteiger partial charge in [-0.25, -0.2) is 15.0 Å². The number of aromatic nitrogens is 5. The van der Waals surface area contributed by atoms with Crippen LogP contribution in [0.25, 0.3) is 135 Å². The van der Waals surface area contributed by atoms with Crippen molar-refractivity contribution in [2.45, 2.75) is 0 Å². The van der Waals surface area contributed by atoms with Crippen molar-refractivity contribution >= 4 is 0 Å². The number of benzene rings is 10. The van der Waals surface area contributed by atoms with Crippen molar-refractivity contribution in [1.29, 1.82) is 0 Å². The van der Waals surface area contributed by atoms with Gasteiger partial charge in [0.1, 0.15) is 0 Å². The summed E-state index contributed by atoms with van der Waals surface area (Å²) in [5.41, 5.74) is 22.8. The fourth-order valence-corrected chi connectivity index (χ4v) is 10.4. The fourth-order valence-electron chi connectivity index (χ4n) is 10.4. The minimum absolute atomic E-state index is 0.630. The Labute approximate surface area is 454 Å². The van der Waals surface area contributed by atoms with E-state index in [1.165, 1.54) is 0 Å². The molecule has 3 heterocycles. The van der Waals surface area contributed by atoms with Crippen molar-refractivity contribution in [3.05, 3.63) is 298 Å². The molecule has 13 aromatic rings. The standard InChI is InChI=1S/C73H49N5/c1-3-17-57(18-4-1)71-76-72(58-19-5-2-6-20-58)78-73(77-71)59-43-31-51(32-44-59)50-29-33-52(34-30-50)63-21-7-10-24-66(63)60-47-61(67-25-11-8-22-64(67)53-35-39-55(40-36-53)69-27-13-15-45-74-69)49-62(48-60)68-26-12-9-23-65(68)54-37-41-56(42-38-54)70-28-14-16-46-75-70/h1-49H. The van der Waals surface area contributed by atoms with Gasteiger partial charge >= 0.3 is 0 Å². The van der Waals surface area contributed by atoms with Crippen molar-refractivity contribution in [2.75, 3.05) is 0 Å². The molecule has 0 aliphatic heterocycles. The topological polar surface area (TPSA) is 64.5 Å². The molecule has 78 heavy (non-hydrogen) atoms. The lowest BCUT2D eigenvalue weighted by atomic mass is 9.86. The zero-order valence-corrected chi connectivity index (χ0v) is 42.5. The molecule has 5 heteroatoms. The molecule has 0 radical (unpaired) electrons. The molecule has 0 fully saturated rings. The lowest BCUT2D eigenvalue weighted by Gasteiger charge is -2.18. The molecule has 0 atom stereocenters. The van der Waals surface area contributed by atoms with Crippen molar-refractivity contribution in [2.24, 2.45) is 0 Å². The summed E-state index contributed by atoms with van der Waals surface area (Å²) in [6.07, 6.45) is 3.68. The Morgan fingerprint density at radius 3 is 0.718 bits per heavy atom. The molecule has 10 aromatic carbocycles. The first kappa shape index (κ1) is 47.2. The average molecular weight is 996 g/mol. The van der Waals surface area contributed by atoms with Crippen molar-refractivity contribution in [1.82, 2.24) is 24.9 Å². The second-order valence-electron chi connectivity index (χ2n) is 19.2. The molecule has 0 aliphatic carbocycles. The molecule has 0 bridgehead atoms. The molecule has 0 aliphatic rings. The van der Waals surface area contributed by atoms with Crippen LogP contribution >= 0.6 is 0 Å². The van der Waals surface area contributed by atoms with E-state index in [0.29, 0.717) is 17.5 Å². The molecular formula is C73H49N5. The predicted octanol–water partition coefficient (Wildman–Crippen LogP) is 18.7. The lowest BCUT2D eigenvalue weighted by molar-refractivity contribution is 1.07. The van der Waals surface area contributed by atoms with Crippen molar-refractivity contribution in [3.63, 3.8) is 0 Å². The van der Waals surface area contributed by atoms with Crippen LogP contribution in [0.15, 0.2) is 298 Å². The molecule has 5 nitrogen and oxygen atoms in total. The second kappa shape index (κ2) is 21.4. The highest BCUT2D eigenvalue weighted by Gasteiger charge is 2.18. The Morgan fingerprint density at radius 1 is 0.167 bits per heavy atom. The smallest absolute Gasteiger partial charge is 0.164 e. The highest BCUT2D eigenvalue weighted by molar-refractivity contribution is 5.94. The van der Waals surface area contributed by atoms with E-state index in [-0.39, 0.29) is 0 Å². The Hall–Kier alpha value is -10.5. The van der Waals surface area contributed by atoms with Gasteiger partial charge in [0.05, 0.1) is 11.4 Å². The van der Waals surface area contributed by atoms with Crippen LogP contribution < -0.4 is 0 Å². The number of rotatable bonds is 12. The summed E-state index contributed by atoms with van der Waals surface area (Å²) in [5.74, 6) is 1.91. The molecule has 0 N–H and O–H groups in total. The van der Waals surface area contributed by atoms with Crippen LogP contribution in [0.2, 0.25) is 0 Å². The number of hydrogen-bond acceptors (Lipinski definition) is 5. The Morgan fingerprint density at radius 2 is 0.410 bits per heavy atom. The van der Waals surface area contributed by atoms with E-state index in [9.17, 15) is 0 Å². The molecule has 0 unspecified atom stereocenters. The van der Waals surface area contributed by atoms with E-state index < -0.39 is 0 Å². The fraction of sp³-hybridized carbons (Fsp3) is 0. The maximum absolute atomic E-state index is 4.96. The van der Waals surface area contributed by atoms with Gasteiger partial charge in [0.25, 0.3) is 0 Å². The molecule has 13 rings (SSSR count). The average Bonchev–Trinajstić information content (AvgIpc) is 3.56. The second-order valence-corrected chi connectivity index (χ2v) is 19.2. The Bertz CT molecular complexity index is 3980. The molecular weight excluding hydrogens is 947 g/mol. The largest absolute Gasteiger partial charge is 0.256 e. The van der Waals surface area contributed by atoms with E-state index in [0.717, 1.165) is 117 Å². The van der Waals surface area contributed by atoms with Crippen LogP contribution in [-0.2, 0) is 0 Å². The predicted molar refractivity (Wildman–Crippen MR) is 321 cm³/mol. The zero-order valence-electron chi connectivity index (χ0n) is 42.5. The normalized spacial score (nSPS) is 11.1. The number of pyridine rings is 2. The summed E-state index contributed by atoms with van der Waals surface area (Å²) in [7, 11) is 0. The first-order chi connectivity index (χ1) is 38.6. The summed E-state index contributed by atoms with van der Waals surface area (Å²) in [6, 6.07) is 101. The van der Waals surface area contributed by atoms with Gasteiger partial charge < -0.3 is 0 Å². The van der Waals surface area contributed by atoms with Gasteiger partial charge in [-0.05, 0) is 120 Å². The van der Waals surface area contributed by atoms with Gasteiger partial charge in [-0.3, -0.25) is 9.97 Å². The third kappa shape index (κ3) is 9.83. The molecule has 3 aromatic heterocycles. The van der Waals surface area contributed by atoms with E-state index in [1.54, 1.807) is 0 Å². The van der Waals surface area contributed by atoms with Gasteiger partial charge in [0, 0.05) is 40.2 Å². The zero-order chi connectivity index (χ0) is 52.0. The SMILES string of the molecule is c1ccc(-c2nc(-c3ccccc3)nc(-c3ccc(-c4ccc(-c5ccccc5-c5cc(-c6ccccc6-c6ccc(-c7ccccn7)cc6)cc(-c6ccccc6-c6ccc(-c7ccccn7)cc6)c5)cc4)cc3)n2)cc1. The van der Waals surface area contributed by atoms with Crippen LogP contribution in [0.1, 0.15) is 0 Å². The van der Waals surface area contributed by atoms with E-state index in [1.807, 2.05) is 97.3 Å². The van der Waals surface area contributed by atoms with Gasteiger partial charge in [-0.2, -0.15) is 0 Å². The monoisotopic (exact) mass is 995 g/mol. The van der Waals surface area contributed by atoms with Crippen LogP contribution in [0.3, 0.4) is 0 Å². The maximum Gasteiger partial charge on any atom is 0.164 e. The summed E-state index contributed by atoms with van der Waals surface area (Å²) in [4.78, 5) is 24.0. The third-order valence-electron chi connectivity index (χ3n) is 14.3. The first-order valence-electron chi connectivity index (χ1n) is 26.2. The summed E-state index contributed by atoms with van der Waals surface area (Å²) >= 11 is 0. The lowest BCUT2D eigenvalue weighted by Crippen LogP contribution is -2.00. The Balaban J connectivity index is 0.871. The molecule has 0 saturated carbocycles. The molecule has 0 spiro atoms. The quantitative estimate of drug-likeness (QED) is 0.122. The van der Waals surface area contributed by atoms with E-state index in [4.69, 9.17) is 15.0 Å². The third-order valence-corrected chi connectivity index (χ3v) is 14.3. The first-order valence-corrected chi connectivity index (χ1v) is 26.2. The highest BCUT2D eigenvalue weighted by atomic mass is 15.0. The molecule has 366 valence electrons. The summed E-state index contributed by atoms with van der Waals surface area (Å²) in [6.45, 7) is 0. The molecule has 0 amide bonds. The minimum Gasteiger partial charge on any atom is -0.256 e. The summed E-state index contributed by atoms with van der Waals surface area (Å²) < 4.78 is 0. The van der Waals surface area contributed by atoms with E-state index >= 15 is 0 Å². The van der Waals surface area contributed by atoms with Crippen molar-refractivity contribution < 1.29 is 0 Å². The van der Waals surface area contributed by atoms with Crippen LogP contribution in [-0.4, -0.2) is 24.9 Å². The number of nitrogens with zero attached hydrogens (tertiary/aromatic N) is 5. The van der Waals surface area contributed by atoms with Gasteiger partial charge in [0.15, 0.2) is 17.5 Å². The number of hydrogen-bond donors (Lipinski definition) is 0. The van der Waals surface area contributed by atoms with Gasteiger partial charge in [0.2, 0.25) is 0 Å². The molecule has 0 saturated heterocycles. The Kier molecular flexibility index (Phi) is 13.0. The van der Waals surface area contributed by atoms with Crippen LogP contribution in [0.4, 0.5) is 0 Å². The van der Waals surface area contributed by atoms with Gasteiger partial charge in [-0.1, -0.05) is 243 Å². The maximum atomic E-state index is 4.96. The van der Waals surface area contributed by atoms with Gasteiger partial charge in [-0.15, -0.1) is 0 Å². The summed E-state index contributed by atoms with van der Waals surface area (Å²) in [5, 5.41) is 0. The van der Waals surface area contributed by atoms with Crippen LogP contribution in [0, 0.1) is 0 Å². The minimum atomic E-state index is 0.630.